The van der Waals surface area contributed by atoms with Gasteiger partial charge in [-0.25, -0.2) is 0 Å². The molecule has 2 bridgehead atoms. The van der Waals surface area contributed by atoms with Gasteiger partial charge in [0.2, 0.25) is 0 Å². The molecule has 4 rings (SSSR count). The number of nitrogens with one attached hydrogen (secondary N) is 1. The van der Waals surface area contributed by atoms with Crippen LogP contribution in [0.3, 0.4) is 0 Å². The topological polar surface area (TPSA) is 36.8 Å². The number of aromatic nitrogens is 1. The van der Waals surface area contributed by atoms with Crippen molar-refractivity contribution in [1.29, 1.82) is 0 Å². The minimum atomic E-state index is 0.0492. The quantitative estimate of drug-likeness (QED) is 0.902. The van der Waals surface area contributed by atoms with Crippen LogP contribution in [0.1, 0.15) is 23.2 Å². The van der Waals surface area contributed by atoms with Crippen molar-refractivity contribution in [2.45, 2.75) is 18.9 Å². The first kappa shape index (κ1) is 12.0. The number of amides is 1. The van der Waals surface area contributed by atoms with E-state index in [0.717, 1.165) is 30.0 Å². The first-order chi connectivity index (χ1) is 9.78. The molecule has 0 aliphatic carbocycles. The van der Waals surface area contributed by atoms with Gasteiger partial charge in [-0.3, -0.25) is 4.79 Å². The molecule has 0 spiro atoms. The molecule has 0 aromatic carbocycles. The minimum Gasteiger partial charge on any atom is -0.348 e. The Morgan fingerprint density at radius 2 is 2.20 bits per heavy atom. The van der Waals surface area contributed by atoms with E-state index in [2.05, 4.69) is 10.2 Å². The summed E-state index contributed by atoms with van der Waals surface area (Å²) >= 11 is 0. The summed E-state index contributed by atoms with van der Waals surface area (Å²) in [5.41, 5.74) is 1.85. The van der Waals surface area contributed by atoms with Crippen molar-refractivity contribution in [2.24, 2.45) is 5.92 Å². The SMILES string of the molecule is O=C(N[C@@H]1C[C@H]2CCN(C2)C1)c1ccc2cccn2c1. The van der Waals surface area contributed by atoms with Crippen LogP contribution in [0.2, 0.25) is 0 Å². The average Bonchev–Trinajstić information content (AvgIpc) is 3.04. The zero-order chi connectivity index (χ0) is 13.5. The normalized spacial score (nSPS) is 28.7. The van der Waals surface area contributed by atoms with Gasteiger partial charge in [0.05, 0.1) is 5.56 Å². The lowest BCUT2D eigenvalue weighted by Crippen LogP contribution is -2.47. The third-order valence-corrected chi connectivity index (χ3v) is 4.59. The summed E-state index contributed by atoms with van der Waals surface area (Å²) in [5, 5.41) is 3.20. The molecule has 0 saturated carbocycles. The van der Waals surface area contributed by atoms with Crippen molar-refractivity contribution in [3.63, 3.8) is 0 Å². The Labute approximate surface area is 118 Å². The van der Waals surface area contributed by atoms with Gasteiger partial charge in [-0.2, -0.15) is 0 Å². The van der Waals surface area contributed by atoms with Crippen LogP contribution < -0.4 is 5.32 Å². The summed E-state index contributed by atoms with van der Waals surface area (Å²) in [5.74, 6) is 0.828. The van der Waals surface area contributed by atoms with Gasteiger partial charge in [0, 0.05) is 37.0 Å². The summed E-state index contributed by atoms with van der Waals surface area (Å²) in [6, 6.07) is 8.23. The van der Waals surface area contributed by atoms with Crippen LogP contribution >= 0.6 is 0 Å². The molecule has 0 radical (unpaired) electrons. The highest BCUT2D eigenvalue weighted by molar-refractivity contribution is 5.94. The molecule has 104 valence electrons. The fraction of sp³-hybridized carbons (Fsp3) is 0.438. The number of pyridine rings is 1. The third-order valence-electron chi connectivity index (χ3n) is 4.59. The number of carbonyl (C=O) groups is 1. The van der Waals surface area contributed by atoms with E-state index in [4.69, 9.17) is 0 Å². The lowest BCUT2D eigenvalue weighted by molar-refractivity contribution is 0.0909. The number of nitrogens with zero attached hydrogens (tertiary/aromatic N) is 2. The van der Waals surface area contributed by atoms with E-state index >= 15 is 0 Å². The second-order valence-corrected chi connectivity index (χ2v) is 6.08. The maximum atomic E-state index is 12.4. The Morgan fingerprint density at radius 3 is 3.10 bits per heavy atom. The van der Waals surface area contributed by atoms with Gasteiger partial charge in [-0.15, -0.1) is 0 Å². The van der Waals surface area contributed by atoms with E-state index in [1.165, 1.54) is 19.5 Å². The van der Waals surface area contributed by atoms with Crippen LogP contribution in [0.4, 0.5) is 0 Å². The van der Waals surface area contributed by atoms with E-state index in [1.54, 1.807) is 0 Å². The predicted octanol–water partition coefficient (Wildman–Crippen LogP) is 1.76. The molecule has 2 aliphatic heterocycles. The number of piperidine rings is 1. The molecular weight excluding hydrogens is 250 g/mol. The van der Waals surface area contributed by atoms with Crippen molar-refractivity contribution in [3.8, 4) is 0 Å². The second kappa shape index (κ2) is 4.63. The molecule has 3 atom stereocenters. The smallest absolute Gasteiger partial charge is 0.253 e. The van der Waals surface area contributed by atoms with Crippen molar-refractivity contribution in [3.05, 3.63) is 42.2 Å². The molecule has 4 nitrogen and oxygen atoms in total. The van der Waals surface area contributed by atoms with E-state index in [0.29, 0.717) is 6.04 Å². The van der Waals surface area contributed by atoms with Crippen molar-refractivity contribution < 1.29 is 4.79 Å². The van der Waals surface area contributed by atoms with Crippen molar-refractivity contribution >= 4 is 11.4 Å². The van der Waals surface area contributed by atoms with Gasteiger partial charge in [-0.1, -0.05) is 0 Å². The summed E-state index contributed by atoms with van der Waals surface area (Å²) in [6.45, 7) is 3.43. The van der Waals surface area contributed by atoms with Crippen LogP contribution in [0.5, 0.6) is 0 Å². The molecule has 4 heterocycles. The van der Waals surface area contributed by atoms with Gasteiger partial charge < -0.3 is 14.6 Å². The molecule has 2 aliphatic rings. The average molecular weight is 269 g/mol. The first-order valence-electron chi connectivity index (χ1n) is 7.38. The van der Waals surface area contributed by atoms with Gasteiger partial charge in [0.1, 0.15) is 0 Å². The number of carbonyl (C=O) groups excluding carboxylic acids is 1. The standard InChI is InChI=1S/C16H19N3O/c20-16(13-3-4-15-2-1-6-19(15)10-13)17-14-8-12-5-7-18(9-12)11-14/h1-4,6,10,12,14H,5,7-9,11H2,(H,17,20)/t12-,14-/m1/s1. The number of rotatable bonds is 2. The monoisotopic (exact) mass is 269 g/mol. The lowest BCUT2D eigenvalue weighted by Gasteiger charge is -2.30. The van der Waals surface area contributed by atoms with E-state index in [1.807, 2.05) is 41.1 Å². The van der Waals surface area contributed by atoms with Crippen LogP contribution in [-0.2, 0) is 0 Å². The molecule has 2 saturated heterocycles. The highest BCUT2D eigenvalue weighted by Gasteiger charge is 2.32. The van der Waals surface area contributed by atoms with Crippen LogP contribution in [-0.4, -0.2) is 40.9 Å². The lowest BCUT2D eigenvalue weighted by atomic mass is 9.96. The maximum absolute atomic E-state index is 12.4. The molecule has 1 unspecified atom stereocenters. The summed E-state index contributed by atoms with van der Waals surface area (Å²) in [7, 11) is 0. The van der Waals surface area contributed by atoms with E-state index in [-0.39, 0.29) is 5.91 Å². The zero-order valence-electron chi connectivity index (χ0n) is 11.5. The molecule has 2 fully saturated rings. The van der Waals surface area contributed by atoms with E-state index < -0.39 is 0 Å². The molecule has 2 aromatic rings. The van der Waals surface area contributed by atoms with Crippen LogP contribution in [0.25, 0.3) is 5.52 Å². The summed E-state index contributed by atoms with van der Waals surface area (Å²) in [6.07, 6.45) is 6.30. The third kappa shape index (κ3) is 2.10. The van der Waals surface area contributed by atoms with Crippen molar-refractivity contribution in [1.82, 2.24) is 14.6 Å². The summed E-state index contributed by atoms with van der Waals surface area (Å²) in [4.78, 5) is 14.8. The Bertz CT molecular complexity index is 636. The molecule has 2 aromatic heterocycles. The first-order valence-corrected chi connectivity index (χ1v) is 7.38. The Balaban J connectivity index is 1.49. The zero-order valence-corrected chi connectivity index (χ0v) is 11.5. The molecule has 1 N–H and O–H groups in total. The van der Waals surface area contributed by atoms with Gasteiger partial charge in [0.15, 0.2) is 0 Å². The molecule has 20 heavy (non-hydrogen) atoms. The maximum Gasteiger partial charge on any atom is 0.253 e. The predicted molar refractivity (Wildman–Crippen MR) is 77.8 cm³/mol. The Kier molecular flexibility index (Phi) is 2.77. The van der Waals surface area contributed by atoms with Gasteiger partial charge >= 0.3 is 0 Å². The van der Waals surface area contributed by atoms with Crippen LogP contribution in [0, 0.1) is 5.92 Å². The Hall–Kier alpha value is -1.81. The number of hydrogen-bond donors (Lipinski definition) is 1. The molecule has 1 amide bonds. The minimum absolute atomic E-state index is 0.0492. The van der Waals surface area contributed by atoms with Crippen molar-refractivity contribution in [2.75, 3.05) is 19.6 Å². The number of hydrogen-bond acceptors (Lipinski definition) is 2. The summed E-state index contributed by atoms with van der Waals surface area (Å²) < 4.78 is 1.99. The van der Waals surface area contributed by atoms with Gasteiger partial charge in [-0.05, 0) is 49.6 Å². The Morgan fingerprint density at radius 1 is 1.25 bits per heavy atom. The fourth-order valence-corrected chi connectivity index (χ4v) is 3.60. The van der Waals surface area contributed by atoms with Crippen LogP contribution in [0.15, 0.2) is 36.7 Å². The number of fused-ring (bicyclic) bond motifs is 3. The second-order valence-electron chi connectivity index (χ2n) is 6.08. The highest BCUT2D eigenvalue weighted by Crippen LogP contribution is 2.26. The largest absolute Gasteiger partial charge is 0.348 e. The highest BCUT2D eigenvalue weighted by atomic mass is 16.1. The van der Waals surface area contributed by atoms with E-state index in [9.17, 15) is 4.79 Å². The van der Waals surface area contributed by atoms with Gasteiger partial charge in [0.25, 0.3) is 5.91 Å². The molecule has 4 heteroatoms. The fourth-order valence-electron chi connectivity index (χ4n) is 3.60. The molecular formula is C16H19N3O.